The molecule has 0 saturated carbocycles. The van der Waals surface area contributed by atoms with E-state index in [2.05, 4.69) is 25.8 Å². The minimum Gasteiger partial charge on any atom is -0.355 e. The largest absolute Gasteiger partial charge is 0.355 e. The van der Waals surface area contributed by atoms with Gasteiger partial charge in [-0.25, -0.2) is 8.42 Å². The average molecular weight is 561 g/mol. The number of aromatic nitrogens is 3. The van der Waals surface area contributed by atoms with Crippen LogP contribution in [0.2, 0.25) is 0 Å². The van der Waals surface area contributed by atoms with E-state index in [4.69, 9.17) is 0 Å². The van der Waals surface area contributed by atoms with E-state index in [0.29, 0.717) is 37.0 Å². The van der Waals surface area contributed by atoms with E-state index in [9.17, 15) is 8.42 Å². The van der Waals surface area contributed by atoms with Crippen LogP contribution in [0.5, 0.6) is 0 Å². The Balaban J connectivity index is 0.00000341. The van der Waals surface area contributed by atoms with Gasteiger partial charge in [0.05, 0.1) is 4.90 Å². The summed E-state index contributed by atoms with van der Waals surface area (Å²) < 4.78 is 29.9. The Morgan fingerprint density at radius 3 is 2.61 bits per heavy atom. The van der Waals surface area contributed by atoms with Gasteiger partial charge in [-0.3, -0.25) is 4.99 Å². The van der Waals surface area contributed by atoms with E-state index in [-0.39, 0.29) is 24.0 Å². The first kappa shape index (κ1) is 25.5. The Morgan fingerprint density at radius 2 is 1.90 bits per heavy atom. The highest BCUT2D eigenvalue weighted by molar-refractivity contribution is 14.0. The molecule has 9 nitrogen and oxygen atoms in total. The third-order valence-corrected chi connectivity index (χ3v) is 7.23. The number of nitrogens with zero attached hydrogens (tertiary/aromatic N) is 5. The summed E-state index contributed by atoms with van der Waals surface area (Å²) in [4.78, 5) is 4.61. The quantitative estimate of drug-likeness (QED) is 0.290. The first-order chi connectivity index (χ1) is 14.6. The number of sulfonamides is 1. The molecule has 2 aromatic rings. The normalized spacial score (nSPS) is 15.4. The van der Waals surface area contributed by atoms with Gasteiger partial charge < -0.3 is 15.2 Å². The first-order valence-electron chi connectivity index (χ1n) is 10.5. The lowest BCUT2D eigenvalue weighted by molar-refractivity contribution is 0.346. The molecule has 3 rings (SSSR count). The third-order valence-electron chi connectivity index (χ3n) is 5.23. The van der Waals surface area contributed by atoms with Crippen molar-refractivity contribution in [2.45, 2.75) is 50.6 Å². The second-order valence-electron chi connectivity index (χ2n) is 7.22. The molecule has 172 valence electrons. The zero-order chi connectivity index (χ0) is 21.4. The lowest BCUT2D eigenvalue weighted by atomic mass is 10.2. The Kier molecular flexibility index (Phi) is 10.2. The average Bonchev–Trinajstić information content (AvgIpc) is 3.24. The number of hydrogen-bond acceptors (Lipinski definition) is 5. The van der Waals surface area contributed by atoms with Crippen molar-refractivity contribution in [3.05, 3.63) is 42.0 Å². The van der Waals surface area contributed by atoms with Crippen LogP contribution in [0.4, 0.5) is 0 Å². The van der Waals surface area contributed by atoms with Crippen LogP contribution in [0, 0.1) is 0 Å². The molecule has 0 radical (unpaired) electrons. The van der Waals surface area contributed by atoms with Crippen LogP contribution in [0.1, 0.15) is 37.6 Å². The molecule has 0 spiro atoms. The summed E-state index contributed by atoms with van der Waals surface area (Å²) in [7, 11) is -1.79. The summed E-state index contributed by atoms with van der Waals surface area (Å²) in [6.45, 7) is 4.97. The minimum atomic E-state index is -3.49. The number of nitrogens with one attached hydrogen (secondary N) is 2. The van der Waals surface area contributed by atoms with Crippen molar-refractivity contribution in [1.29, 1.82) is 0 Å². The lowest BCUT2D eigenvalue weighted by Crippen LogP contribution is -2.39. The molecule has 2 N–H and O–H groups in total. The fourth-order valence-electron chi connectivity index (χ4n) is 3.58. The van der Waals surface area contributed by atoms with Gasteiger partial charge in [-0.2, -0.15) is 4.31 Å². The molecule has 0 atom stereocenters. The summed E-state index contributed by atoms with van der Waals surface area (Å²) in [6.07, 6.45) is 5.48. The predicted molar refractivity (Wildman–Crippen MR) is 132 cm³/mol. The van der Waals surface area contributed by atoms with Crippen molar-refractivity contribution >= 4 is 40.0 Å². The monoisotopic (exact) mass is 561 g/mol. The molecule has 2 heterocycles. The van der Waals surface area contributed by atoms with Crippen LogP contribution in [-0.4, -0.2) is 60.1 Å². The van der Waals surface area contributed by atoms with Gasteiger partial charge >= 0.3 is 0 Å². The van der Waals surface area contributed by atoms with E-state index < -0.39 is 10.0 Å². The Labute approximate surface area is 201 Å². The van der Waals surface area contributed by atoms with Gasteiger partial charge in [0.1, 0.15) is 12.2 Å². The number of halogens is 1. The molecule has 1 aliphatic rings. The highest BCUT2D eigenvalue weighted by Crippen LogP contribution is 2.23. The van der Waals surface area contributed by atoms with Crippen molar-refractivity contribution in [3.63, 3.8) is 0 Å². The number of piperidine rings is 1. The summed E-state index contributed by atoms with van der Waals surface area (Å²) in [5, 5.41) is 14.5. The van der Waals surface area contributed by atoms with E-state index >= 15 is 0 Å². The molecule has 0 unspecified atom stereocenters. The Hall–Kier alpha value is -1.73. The van der Waals surface area contributed by atoms with Gasteiger partial charge in [0.2, 0.25) is 10.0 Å². The standard InChI is InChI=1S/C20H31N7O2S.HI/c1-3-19-25-24-16-26(19)14-11-22-20(21-2)23-15-17-9-5-6-10-18(17)30(28,29)27-12-7-4-8-13-27;/h5-6,9-10,16H,3-4,7-8,11-15H2,1-2H3,(H2,21,22,23);1H. The SMILES string of the molecule is CCc1nncn1CCNC(=NC)NCc1ccccc1S(=O)(=O)N1CCCCC1.I. The smallest absolute Gasteiger partial charge is 0.243 e. The van der Waals surface area contributed by atoms with Crippen LogP contribution in [0.15, 0.2) is 40.5 Å². The van der Waals surface area contributed by atoms with Gasteiger partial charge in [-0.05, 0) is 24.5 Å². The first-order valence-corrected chi connectivity index (χ1v) is 11.9. The van der Waals surface area contributed by atoms with E-state index in [0.717, 1.165) is 43.6 Å². The topological polar surface area (TPSA) is 105 Å². The molecule has 1 aromatic heterocycles. The Morgan fingerprint density at radius 1 is 1.16 bits per heavy atom. The van der Waals surface area contributed by atoms with Crippen LogP contribution in [0.3, 0.4) is 0 Å². The summed E-state index contributed by atoms with van der Waals surface area (Å²) in [6, 6.07) is 7.18. The highest BCUT2D eigenvalue weighted by atomic mass is 127. The van der Waals surface area contributed by atoms with Gasteiger partial charge in [-0.15, -0.1) is 34.2 Å². The van der Waals surface area contributed by atoms with Gasteiger partial charge in [0.25, 0.3) is 0 Å². The van der Waals surface area contributed by atoms with Crippen LogP contribution < -0.4 is 10.6 Å². The highest BCUT2D eigenvalue weighted by Gasteiger charge is 2.27. The molecular weight excluding hydrogens is 529 g/mol. The molecule has 1 aromatic carbocycles. The fraction of sp³-hybridized carbons (Fsp3) is 0.550. The van der Waals surface area contributed by atoms with Crippen molar-refractivity contribution in [2.75, 3.05) is 26.7 Å². The maximum atomic E-state index is 13.1. The maximum Gasteiger partial charge on any atom is 0.243 e. The number of guanidine groups is 1. The number of benzene rings is 1. The zero-order valence-corrected chi connectivity index (χ0v) is 21.3. The molecule has 1 saturated heterocycles. The van der Waals surface area contributed by atoms with Crippen molar-refractivity contribution < 1.29 is 8.42 Å². The molecule has 11 heteroatoms. The lowest BCUT2D eigenvalue weighted by Gasteiger charge is -2.27. The number of aliphatic imine (C=N–C) groups is 1. The molecule has 0 aliphatic carbocycles. The van der Waals surface area contributed by atoms with Crippen LogP contribution >= 0.6 is 24.0 Å². The number of hydrogen-bond donors (Lipinski definition) is 2. The maximum absolute atomic E-state index is 13.1. The molecule has 0 amide bonds. The van der Waals surface area contributed by atoms with Crippen LogP contribution in [0.25, 0.3) is 0 Å². The van der Waals surface area contributed by atoms with Crippen molar-refractivity contribution in [2.24, 2.45) is 4.99 Å². The molecule has 31 heavy (non-hydrogen) atoms. The van der Waals surface area contributed by atoms with Crippen molar-refractivity contribution in [3.8, 4) is 0 Å². The molecule has 0 bridgehead atoms. The van der Waals surface area contributed by atoms with Gasteiger partial charge in [0, 0.05) is 46.2 Å². The molecular formula is C20H32IN7O2S. The van der Waals surface area contributed by atoms with E-state index in [1.165, 1.54) is 0 Å². The summed E-state index contributed by atoms with van der Waals surface area (Å²) in [5.74, 6) is 1.56. The van der Waals surface area contributed by atoms with Crippen LogP contribution in [-0.2, 0) is 29.5 Å². The molecule has 1 aliphatic heterocycles. The number of aryl methyl sites for hydroxylation is 1. The van der Waals surface area contributed by atoms with Crippen molar-refractivity contribution in [1.82, 2.24) is 29.7 Å². The van der Waals surface area contributed by atoms with Gasteiger partial charge in [-0.1, -0.05) is 31.5 Å². The number of rotatable bonds is 8. The fourth-order valence-corrected chi connectivity index (χ4v) is 5.32. The second kappa shape index (κ2) is 12.3. The molecule has 1 fully saturated rings. The van der Waals surface area contributed by atoms with E-state index in [1.54, 1.807) is 29.8 Å². The zero-order valence-electron chi connectivity index (χ0n) is 18.1. The second-order valence-corrected chi connectivity index (χ2v) is 9.13. The summed E-state index contributed by atoms with van der Waals surface area (Å²) in [5.41, 5.74) is 0.734. The van der Waals surface area contributed by atoms with Gasteiger partial charge in [0.15, 0.2) is 5.96 Å². The van der Waals surface area contributed by atoms with E-state index in [1.807, 2.05) is 23.6 Å². The third kappa shape index (κ3) is 6.62. The summed E-state index contributed by atoms with van der Waals surface area (Å²) >= 11 is 0. The Bertz CT molecular complexity index is 956. The predicted octanol–water partition coefficient (Wildman–Crippen LogP) is 2.00. The minimum absolute atomic E-state index is 0.